The molecule has 0 amide bonds. The maximum atomic E-state index is 14.9. The van der Waals surface area contributed by atoms with Gasteiger partial charge in [-0.15, -0.1) is 5.10 Å². The Balaban J connectivity index is 1.28. The third-order valence-electron chi connectivity index (χ3n) is 16.9. The summed E-state index contributed by atoms with van der Waals surface area (Å²) < 4.78 is 65.9. The Morgan fingerprint density at radius 3 is 2.19 bits per heavy atom. The third-order valence-corrected chi connectivity index (χ3v) is 16.9. The molecule has 3 saturated heterocycles. The Kier molecular flexibility index (Phi) is 19.8. The van der Waals surface area contributed by atoms with E-state index in [9.17, 15) is 34.4 Å². The number of ketones is 1. The molecule has 0 spiro atoms. The van der Waals surface area contributed by atoms with Crippen LogP contribution < -0.4 is 0 Å². The van der Waals surface area contributed by atoms with Crippen molar-refractivity contribution >= 4 is 11.8 Å². The molecule has 0 radical (unpaired) electrons. The summed E-state index contributed by atoms with van der Waals surface area (Å²) in [4.78, 5) is 31.0. The van der Waals surface area contributed by atoms with E-state index in [0.717, 1.165) is 16.7 Å². The zero-order valence-corrected chi connectivity index (χ0v) is 45.8. The van der Waals surface area contributed by atoms with Gasteiger partial charge in [-0.3, -0.25) is 9.59 Å². The van der Waals surface area contributed by atoms with Crippen LogP contribution in [-0.4, -0.2) is 177 Å². The maximum Gasteiger partial charge on any atom is 0.309 e. The van der Waals surface area contributed by atoms with Crippen LogP contribution in [0.25, 0.3) is 11.1 Å². The first kappa shape index (κ1) is 59.4. The van der Waals surface area contributed by atoms with Gasteiger partial charge in [0.2, 0.25) is 0 Å². The predicted octanol–water partition coefficient (Wildman–Crippen LogP) is 5.47. The van der Waals surface area contributed by atoms with Crippen LogP contribution in [0.4, 0.5) is 4.39 Å². The van der Waals surface area contributed by atoms with E-state index < -0.39 is 132 Å². The number of alkyl halides is 1. The van der Waals surface area contributed by atoms with Crippen molar-refractivity contribution in [2.24, 2.45) is 29.6 Å². The summed E-state index contributed by atoms with van der Waals surface area (Å²) in [5.41, 5.74) is -1.33. The molecule has 3 aliphatic rings. The van der Waals surface area contributed by atoms with Gasteiger partial charge in [0.15, 0.2) is 6.29 Å². The minimum Gasteiger partial charge on any atom is -0.459 e. The summed E-state index contributed by atoms with van der Waals surface area (Å²) in [6.45, 7) is 16.9. The first-order valence-corrected chi connectivity index (χ1v) is 26.2. The number of aliphatic hydroxyl groups excluding tert-OH is 3. The Hall–Kier alpha value is -3.80. The quantitative estimate of drug-likeness (QED) is 0.130. The summed E-state index contributed by atoms with van der Waals surface area (Å²) in [6.07, 6.45) is -3.69. The lowest BCUT2D eigenvalue weighted by Gasteiger charge is -2.52. The van der Waals surface area contributed by atoms with E-state index in [1.807, 2.05) is 57.0 Å². The molecular formula is C54H84FN5O14. The molecule has 0 bridgehead atoms. The van der Waals surface area contributed by atoms with Gasteiger partial charge >= 0.3 is 5.97 Å². The zero-order chi connectivity index (χ0) is 54.6. The number of aromatic nitrogens is 4. The molecule has 5 heterocycles. The molecule has 416 valence electrons. The zero-order valence-electron chi connectivity index (χ0n) is 45.8. The predicted molar refractivity (Wildman–Crippen MR) is 269 cm³/mol. The number of cyclic esters (lactones) is 1. The van der Waals surface area contributed by atoms with Crippen LogP contribution in [0.3, 0.4) is 0 Å². The molecule has 4 N–H and O–H groups in total. The van der Waals surface area contributed by atoms with Crippen molar-refractivity contribution in [3.63, 3.8) is 0 Å². The number of hydrogen-bond acceptors (Lipinski definition) is 18. The van der Waals surface area contributed by atoms with Crippen LogP contribution in [0.5, 0.6) is 0 Å². The fourth-order valence-corrected chi connectivity index (χ4v) is 12.1. The molecule has 0 aliphatic carbocycles. The van der Waals surface area contributed by atoms with E-state index in [2.05, 4.69) is 15.5 Å². The fourth-order valence-electron chi connectivity index (χ4n) is 12.1. The average Bonchev–Trinajstić information content (AvgIpc) is 4.10. The maximum absolute atomic E-state index is 14.9. The molecule has 1 unspecified atom stereocenters. The third kappa shape index (κ3) is 12.5. The van der Waals surface area contributed by atoms with Crippen LogP contribution in [0, 0.1) is 29.6 Å². The van der Waals surface area contributed by atoms with Gasteiger partial charge in [-0.1, -0.05) is 69.3 Å². The van der Waals surface area contributed by atoms with Crippen LogP contribution in [0.15, 0.2) is 47.4 Å². The summed E-state index contributed by atoms with van der Waals surface area (Å²) in [7, 11) is 6.45. The smallest absolute Gasteiger partial charge is 0.309 e. The summed E-state index contributed by atoms with van der Waals surface area (Å²) in [5, 5.41) is 59.7. The molecule has 74 heavy (non-hydrogen) atoms. The van der Waals surface area contributed by atoms with Crippen molar-refractivity contribution < 1.29 is 72.1 Å². The van der Waals surface area contributed by atoms with E-state index >= 15 is 0 Å². The lowest BCUT2D eigenvalue weighted by atomic mass is 9.67. The topological polar surface area (TPSA) is 240 Å². The number of Topliss-reactive ketones (excluding diaryl/α,β-unsaturated/α-hetero) is 1. The number of methoxy groups -OCH3 is 3. The van der Waals surface area contributed by atoms with Gasteiger partial charge in [-0.05, 0) is 78.0 Å². The minimum absolute atomic E-state index is 0.0722. The number of carbonyl (C=O) groups is 2. The number of hydrogen-bond donors (Lipinski definition) is 4. The molecule has 3 aromatic rings. The summed E-state index contributed by atoms with van der Waals surface area (Å²) >= 11 is 0. The van der Waals surface area contributed by atoms with E-state index in [0.29, 0.717) is 25.1 Å². The Morgan fingerprint density at radius 1 is 0.919 bits per heavy atom. The second kappa shape index (κ2) is 24.7. The Bertz CT molecular complexity index is 2250. The van der Waals surface area contributed by atoms with Crippen molar-refractivity contribution in [2.45, 2.75) is 191 Å². The molecule has 3 aliphatic heterocycles. The molecule has 6 rings (SSSR count). The van der Waals surface area contributed by atoms with Gasteiger partial charge in [0.25, 0.3) is 0 Å². The monoisotopic (exact) mass is 1050 g/mol. The normalized spacial score (nSPS) is 38.8. The highest BCUT2D eigenvalue weighted by Crippen LogP contribution is 2.46. The highest BCUT2D eigenvalue weighted by Gasteiger charge is 2.56. The molecule has 19 nitrogen and oxygen atoms in total. The second-order valence-electron chi connectivity index (χ2n) is 22.1. The second-order valence-corrected chi connectivity index (χ2v) is 22.1. The summed E-state index contributed by atoms with van der Waals surface area (Å²) in [5.74, 6) is -5.21. The van der Waals surface area contributed by atoms with Gasteiger partial charge in [-0.25, -0.2) is 9.07 Å². The van der Waals surface area contributed by atoms with E-state index in [4.69, 9.17) is 37.7 Å². The molecule has 2 aromatic heterocycles. The fraction of sp³-hybridized carbons (Fsp3) is 0.759. The van der Waals surface area contributed by atoms with Crippen molar-refractivity contribution in [3.8, 4) is 11.1 Å². The number of carbonyl (C=O) groups excluding carboxylic acids is 2. The molecule has 20 atom stereocenters. The summed E-state index contributed by atoms with van der Waals surface area (Å²) in [6, 6.07) is 6.23. The van der Waals surface area contributed by atoms with Crippen molar-refractivity contribution in [1.82, 2.24) is 25.1 Å². The number of esters is 1. The number of ether oxygens (including phenoxy) is 7. The van der Waals surface area contributed by atoms with Gasteiger partial charge < -0.3 is 63.0 Å². The average molecular weight is 1050 g/mol. The minimum atomic E-state index is -2.00. The van der Waals surface area contributed by atoms with Crippen molar-refractivity contribution in [2.75, 3.05) is 41.6 Å². The Morgan fingerprint density at radius 2 is 1.59 bits per heavy atom. The van der Waals surface area contributed by atoms with Crippen molar-refractivity contribution in [3.05, 3.63) is 54.2 Å². The molecular weight excluding hydrogens is 962 g/mol. The van der Waals surface area contributed by atoms with Crippen LogP contribution in [0.2, 0.25) is 0 Å². The number of nitrogens with zero attached hydrogens (tertiary/aromatic N) is 5. The van der Waals surface area contributed by atoms with Crippen LogP contribution >= 0.6 is 0 Å². The SMILES string of the molecule is CC[C@H]1OC(=O)[C@H](C)[C@@H](C2C[C@@](C)(OC)[C@@H](O)[C@H](C)O2)[C@H](C)[C@@H](O[C@@H]2O[C@H](C)C[C@H](N(C)CCc3cn([C@H](CF)[C@H](OC)c4ccc(-c5cnoc5)cc4)nn3)[C@H]2O)[C@](C)(OC)C[C@@H](C)C(=O)[C@H](C)[C@@H](O)[C@]1(C)O. The standard InChI is InChI=1S/C54H84FN5O14/c1-15-42-54(10,66)47(63)33(6)44(61)29(2)23-53(9,69-14)49(31(4)43(32(5)50(65)73-42)41-24-52(8,68-13)48(64)34(7)72-41)74-51-45(62)39(22-30(3)71-51)59(11)21-20-38-27-60(58-57-38)40(25-55)46(67-12)36-18-16-35(17-19-36)37-26-56-70-28-37/h16-19,26-34,39-43,45-49,51,62-64,66H,15,20-25H2,1-14H3/t29-,30-,31+,32-,33+,34+,39+,40-,41?,42-,43+,45-,46-,47-,48+,49-,51+,52-,53-,54-/m1/s1. The van der Waals surface area contributed by atoms with Gasteiger partial charge in [-0.2, -0.15) is 0 Å². The van der Waals surface area contributed by atoms with E-state index in [1.165, 1.54) is 32.9 Å². The van der Waals surface area contributed by atoms with Gasteiger partial charge in [0, 0.05) is 76.3 Å². The number of halogens is 1. The lowest BCUT2D eigenvalue weighted by molar-refractivity contribution is -0.305. The number of rotatable bonds is 16. The number of likely N-dealkylation sites (N-methyl/N-ethyl adjacent to an activating group) is 1. The molecule has 20 heteroatoms. The van der Waals surface area contributed by atoms with E-state index in [-0.39, 0.29) is 25.0 Å². The highest BCUT2D eigenvalue weighted by molar-refractivity contribution is 5.83. The highest BCUT2D eigenvalue weighted by atomic mass is 19.1. The Labute approximate surface area is 435 Å². The van der Waals surface area contributed by atoms with Crippen LogP contribution in [-0.2, 0) is 49.2 Å². The molecule has 0 saturated carbocycles. The van der Waals surface area contributed by atoms with Gasteiger partial charge in [0.05, 0.1) is 59.5 Å². The first-order chi connectivity index (χ1) is 34.9. The van der Waals surface area contributed by atoms with Gasteiger partial charge in [0.1, 0.15) is 54.8 Å². The van der Waals surface area contributed by atoms with Crippen molar-refractivity contribution in [1.29, 1.82) is 0 Å². The molecule has 1 aromatic carbocycles. The number of benzene rings is 1. The number of aliphatic hydroxyl groups is 4. The lowest BCUT2D eigenvalue weighted by Crippen LogP contribution is -2.62. The largest absolute Gasteiger partial charge is 0.459 e. The van der Waals surface area contributed by atoms with Crippen LogP contribution in [0.1, 0.15) is 118 Å². The first-order valence-electron chi connectivity index (χ1n) is 26.2. The van der Waals surface area contributed by atoms with E-state index in [1.54, 1.807) is 60.2 Å². The molecule has 3 fully saturated rings.